The van der Waals surface area contributed by atoms with Crippen LogP contribution in [0.15, 0.2) is 42.5 Å². The zero-order valence-corrected chi connectivity index (χ0v) is 14.4. The van der Waals surface area contributed by atoms with Crippen molar-refractivity contribution in [3.05, 3.63) is 58.6 Å². The number of carbonyl (C=O) groups is 2. The molecular weight excluding hydrogens is 324 g/mol. The summed E-state index contributed by atoms with van der Waals surface area (Å²) in [6.07, 6.45) is 0.627. The Hall–Kier alpha value is -2.33. The molecule has 1 aliphatic rings. The van der Waals surface area contributed by atoms with Gasteiger partial charge in [-0.15, -0.1) is 0 Å². The highest BCUT2D eigenvalue weighted by molar-refractivity contribution is 6.31. The molecule has 0 saturated carbocycles. The van der Waals surface area contributed by atoms with Crippen LogP contribution < -0.4 is 10.2 Å². The SMILES string of the molecule is Cc1ccc(Cl)cc1NC(=O)CC(=O)N1c2ccccc2CC1C. The molecule has 0 aliphatic carbocycles. The number of nitrogens with one attached hydrogen (secondary N) is 1. The van der Waals surface area contributed by atoms with Gasteiger partial charge in [0.05, 0.1) is 0 Å². The first-order valence-corrected chi connectivity index (χ1v) is 8.29. The minimum atomic E-state index is -0.332. The first-order chi connectivity index (χ1) is 11.5. The molecule has 0 radical (unpaired) electrons. The third-order valence-electron chi connectivity index (χ3n) is 4.26. The smallest absolute Gasteiger partial charge is 0.236 e. The van der Waals surface area contributed by atoms with E-state index < -0.39 is 0 Å². The molecule has 0 aromatic heterocycles. The molecule has 0 bridgehead atoms. The molecule has 2 aromatic rings. The van der Waals surface area contributed by atoms with E-state index in [0.29, 0.717) is 10.7 Å². The van der Waals surface area contributed by atoms with E-state index in [9.17, 15) is 9.59 Å². The summed E-state index contributed by atoms with van der Waals surface area (Å²) < 4.78 is 0. The molecule has 1 aliphatic heterocycles. The van der Waals surface area contributed by atoms with E-state index in [4.69, 9.17) is 11.6 Å². The van der Waals surface area contributed by atoms with Gasteiger partial charge in [0.15, 0.2) is 0 Å². The summed E-state index contributed by atoms with van der Waals surface area (Å²) in [5, 5.41) is 3.32. The van der Waals surface area contributed by atoms with Crippen LogP contribution in [0.1, 0.15) is 24.5 Å². The Kier molecular flexibility index (Phi) is 4.58. The van der Waals surface area contributed by atoms with Gasteiger partial charge >= 0.3 is 0 Å². The molecular formula is C19H19ClN2O2. The Morgan fingerprint density at radius 1 is 1.25 bits per heavy atom. The number of carbonyl (C=O) groups excluding carboxylic acids is 2. The van der Waals surface area contributed by atoms with Crippen molar-refractivity contribution in [3.63, 3.8) is 0 Å². The Bertz CT molecular complexity index is 804. The maximum Gasteiger partial charge on any atom is 0.236 e. The zero-order chi connectivity index (χ0) is 17.3. The Labute approximate surface area is 146 Å². The van der Waals surface area contributed by atoms with Crippen molar-refractivity contribution in [2.45, 2.75) is 32.7 Å². The van der Waals surface area contributed by atoms with Crippen LogP contribution in [0.3, 0.4) is 0 Å². The first-order valence-electron chi connectivity index (χ1n) is 7.91. The van der Waals surface area contributed by atoms with Crippen LogP contribution >= 0.6 is 11.6 Å². The van der Waals surface area contributed by atoms with Gasteiger partial charge in [-0.3, -0.25) is 9.59 Å². The summed E-state index contributed by atoms with van der Waals surface area (Å²) in [4.78, 5) is 26.6. The molecule has 3 rings (SSSR count). The fourth-order valence-electron chi connectivity index (χ4n) is 3.09. The summed E-state index contributed by atoms with van der Waals surface area (Å²) in [7, 11) is 0. The van der Waals surface area contributed by atoms with Crippen molar-refractivity contribution in [2.75, 3.05) is 10.2 Å². The molecule has 0 fully saturated rings. The number of hydrogen-bond acceptors (Lipinski definition) is 2. The summed E-state index contributed by atoms with van der Waals surface area (Å²) >= 11 is 5.96. The van der Waals surface area contributed by atoms with Crippen LogP contribution in [-0.2, 0) is 16.0 Å². The van der Waals surface area contributed by atoms with Crippen LogP contribution in [0.2, 0.25) is 5.02 Å². The van der Waals surface area contributed by atoms with Crippen LogP contribution in [-0.4, -0.2) is 17.9 Å². The summed E-state index contributed by atoms with van der Waals surface area (Å²) in [6.45, 7) is 3.88. The number of nitrogens with zero attached hydrogens (tertiary/aromatic N) is 1. The summed E-state index contributed by atoms with van der Waals surface area (Å²) in [5.74, 6) is -0.522. The van der Waals surface area contributed by atoms with Crippen molar-refractivity contribution < 1.29 is 9.59 Å². The van der Waals surface area contributed by atoms with E-state index in [2.05, 4.69) is 5.32 Å². The summed E-state index contributed by atoms with van der Waals surface area (Å²) in [5.41, 5.74) is 3.58. The van der Waals surface area contributed by atoms with Gasteiger partial charge in [0.25, 0.3) is 0 Å². The van der Waals surface area contributed by atoms with E-state index in [0.717, 1.165) is 23.2 Å². The molecule has 4 nitrogen and oxygen atoms in total. The lowest BCUT2D eigenvalue weighted by atomic mass is 10.1. The van der Waals surface area contributed by atoms with Gasteiger partial charge in [0, 0.05) is 22.4 Å². The molecule has 2 aromatic carbocycles. The van der Waals surface area contributed by atoms with E-state index in [-0.39, 0.29) is 24.3 Å². The largest absolute Gasteiger partial charge is 0.325 e. The number of aryl methyl sites for hydroxylation is 1. The maximum absolute atomic E-state index is 12.6. The predicted molar refractivity (Wildman–Crippen MR) is 96.5 cm³/mol. The quantitative estimate of drug-likeness (QED) is 0.858. The first kappa shape index (κ1) is 16.5. The lowest BCUT2D eigenvalue weighted by Crippen LogP contribution is -2.37. The van der Waals surface area contributed by atoms with E-state index >= 15 is 0 Å². The number of rotatable bonds is 3. The maximum atomic E-state index is 12.6. The van der Waals surface area contributed by atoms with Crippen LogP contribution in [0.25, 0.3) is 0 Å². The fraction of sp³-hybridized carbons (Fsp3) is 0.263. The van der Waals surface area contributed by atoms with Crippen LogP contribution in [0.5, 0.6) is 0 Å². The lowest BCUT2D eigenvalue weighted by Gasteiger charge is -2.22. The minimum Gasteiger partial charge on any atom is -0.325 e. The number of anilines is 2. The van der Waals surface area contributed by atoms with Crippen molar-refractivity contribution in [2.24, 2.45) is 0 Å². The lowest BCUT2D eigenvalue weighted by molar-refractivity contribution is -0.125. The number of fused-ring (bicyclic) bond motifs is 1. The van der Waals surface area contributed by atoms with Gasteiger partial charge in [0.2, 0.25) is 11.8 Å². The molecule has 5 heteroatoms. The normalized spacial score (nSPS) is 16.0. The number of para-hydroxylation sites is 1. The van der Waals surface area contributed by atoms with Crippen molar-refractivity contribution in [1.82, 2.24) is 0 Å². The highest BCUT2D eigenvalue weighted by atomic mass is 35.5. The Morgan fingerprint density at radius 2 is 2.00 bits per heavy atom. The predicted octanol–water partition coefficient (Wildman–Crippen LogP) is 3.95. The number of hydrogen-bond donors (Lipinski definition) is 1. The van der Waals surface area contributed by atoms with Crippen LogP contribution in [0, 0.1) is 6.92 Å². The third-order valence-corrected chi connectivity index (χ3v) is 4.50. The van der Waals surface area contributed by atoms with Crippen molar-refractivity contribution in [1.29, 1.82) is 0 Å². The van der Waals surface area contributed by atoms with E-state index in [1.54, 1.807) is 17.0 Å². The van der Waals surface area contributed by atoms with Gasteiger partial charge < -0.3 is 10.2 Å². The Morgan fingerprint density at radius 3 is 2.79 bits per heavy atom. The molecule has 124 valence electrons. The highest BCUT2D eigenvalue weighted by Crippen LogP contribution is 2.32. The van der Waals surface area contributed by atoms with E-state index in [1.165, 1.54) is 0 Å². The number of amides is 2. The van der Waals surface area contributed by atoms with Crippen molar-refractivity contribution in [3.8, 4) is 0 Å². The number of halogens is 1. The van der Waals surface area contributed by atoms with Crippen LogP contribution in [0.4, 0.5) is 11.4 Å². The summed E-state index contributed by atoms with van der Waals surface area (Å²) in [6, 6.07) is 13.2. The molecule has 1 unspecified atom stereocenters. The average molecular weight is 343 g/mol. The second kappa shape index (κ2) is 6.65. The zero-order valence-electron chi connectivity index (χ0n) is 13.7. The molecule has 1 heterocycles. The van der Waals surface area contributed by atoms with Crippen molar-refractivity contribution >= 4 is 34.8 Å². The fourth-order valence-corrected chi connectivity index (χ4v) is 3.26. The van der Waals surface area contributed by atoms with Gasteiger partial charge in [0.1, 0.15) is 6.42 Å². The van der Waals surface area contributed by atoms with E-state index in [1.807, 2.05) is 44.2 Å². The monoisotopic (exact) mass is 342 g/mol. The highest BCUT2D eigenvalue weighted by Gasteiger charge is 2.31. The molecule has 24 heavy (non-hydrogen) atoms. The topological polar surface area (TPSA) is 49.4 Å². The molecule has 0 saturated heterocycles. The molecule has 2 amide bonds. The molecule has 0 spiro atoms. The van der Waals surface area contributed by atoms with Gasteiger partial charge in [-0.2, -0.15) is 0 Å². The average Bonchev–Trinajstić information content (AvgIpc) is 2.86. The van der Waals surface area contributed by atoms with Gasteiger partial charge in [-0.1, -0.05) is 35.9 Å². The third kappa shape index (κ3) is 3.29. The second-order valence-electron chi connectivity index (χ2n) is 6.13. The minimum absolute atomic E-state index is 0.0654. The number of benzene rings is 2. The Balaban J connectivity index is 1.71. The molecule has 1 atom stereocenters. The van der Waals surface area contributed by atoms with Gasteiger partial charge in [-0.05, 0) is 49.6 Å². The standard InChI is InChI=1S/C19H19ClN2O2/c1-12-7-8-15(20)10-16(12)21-18(23)11-19(24)22-13(2)9-14-5-3-4-6-17(14)22/h3-8,10,13H,9,11H2,1-2H3,(H,21,23). The molecule has 1 N–H and O–H groups in total. The second-order valence-corrected chi connectivity index (χ2v) is 6.57. The van der Waals surface area contributed by atoms with Gasteiger partial charge in [-0.25, -0.2) is 0 Å².